The van der Waals surface area contributed by atoms with E-state index in [2.05, 4.69) is 11.8 Å². The summed E-state index contributed by atoms with van der Waals surface area (Å²) in [5.74, 6) is 0.196. The van der Waals surface area contributed by atoms with Gasteiger partial charge in [0.2, 0.25) is 10.0 Å². The van der Waals surface area contributed by atoms with Gasteiger partial charge in [0.05, 0.1) is 19.0 Å². The van der Waals surface area contributed by atoms with E-state index in [-0.39, 0.29) is 11.2 Å². The van der Waals surface area contributed by atoms with Gasteiger partial charge in [0.25, 0.3) is 0 Å². The zero-order valence-corrected chi connectivity index (χ0v) is 12.9. The molecule has 2 fully saturated rings. The Morgan fingerprint density at radius 1 is 1.21 bits per heavy atom. The summed E-state index contributed by atoms with van der Waals surface area (Å²) in [6.07, 6.45) is 2.01. The fourth-order valence-electron chi connectivity index (χ4n) is 3.18. The third-order valence-corrected chi connectivity index (χ3v) is 6.18. The van der Waals surface area contributed by atoms with Crippen LogP contribution in [-0.4, -0.2) is 69.3 Å². The smallest absolute Gasteiger partial charge is 0.213 e. The average molecular weight is 290 g/mol. The van der Waals surface area contributed by atoms with Crippen molar-refractivity contribution in [1.82, 2.24) is 9.21 Å². The molecule has 2 aliphatic rings. The standard InChI is InChI=1S/C13H26N2O3S/c1-3-14-8-9-18-12-13(10-14)6-5-7-15(11-13)19(16,17)4-2/h3-12H2,1-2H3. The van der Waals surface area contributed by atoms with Crippen molar-refractivity contribution in [2.24, 2.45) is 5.41 Å². The van der Waals surface area contributed by atoms with Gasteiger partial charge in [-0.3, -0.25) is 0 Å². The average Bonchev–Trinajstić information content (AvgIpc) is 2.61. The van der Waals surface area contributed by atoms with E-state index in [1.54, 1.807) is 11.2 Å². The van der Waals surface area contributed by atoms with Crippen molar-refractivity contribution < 1.29 is 13.2 Å². The molecule has 1 unspecified atom stereocenters. The maximum Gasteiger partial charge on any atom is 0.213 e. The summed E-state index contributed by atoms with van der Waals surface area (Å²) in [6.45, 7) is 9.55. The quantitative estimate of drug-likeness (QED) is 0.770. The Labute approximate surface area is 117 Å². The zero-order chi connectivity index (χ0) is 13.9. The Morgan fingerprint density at radius 3 is 2.68 bits per heavy atom. The molecule has 6 heteroatoms. The number of rotatable bonds is 3. The molecule has 5 nitrogen and oxygen atoms in total. The second kappa shape index (κ2) is 6.08. The highest BCUT2D eigenvalue weighted by molar-refractivity contribution is 7.89. The highest BCUT2D eigenvalue weighted by Gasteiger charge is 2.41. The van der Waals surface area contributed by atoms with E-state index < -0.39 is 10.0 Å². The maximum atomic E-state index is 12.1. The minimum Gasteiger partial charge on any atom is -0.379 e. The van der Waals surface area contributed by atoms with Crippen LogP contribution in [0, 0.1) is 5.41 Å². The molecule has 0 aliphatic carbocycles. The van der Waals surface area contributed by atoms with E-state index in [1.807, 2.05) is 0 Å². The van der Waals surface area contributed by atoms with Crippen LogP contribution in [0.4, 0.5) is 0 Å². The van der Waals surface area contributed by atoms with E-state index in [0.29, 0.717) is 19.7 Å². The summed E-state index contributed by atoms with van der Waals surface area (Å²) in [7, 11) is -3.07. The van der Waals surface area contributed by atoms with Crippen LogP contribution >= 0.6 is 0 Å². The summed E-state index contributed by atoms with van der Waals surface area (Å²) in [4.78, 5) is 2.38. The Bertz CT molecular complexity index is 399. The first kappa shape index (κ1) is 15.2. The molecule has 0 aromatic carbocycles. The van der Waals surface area contributed by atoms with Crippen LogP contribution in [0.5, 0.6) is 0 Å². The SMILES string of the molecule is CCN1CCOCC2(CCCN(S(=O)(=O)CC)C2)C1. The van der Waals surface area contributed by atoms with Crippen LogP contribution in [0.15, 0.2) is 0 Å². The minimum absolute atomic E-state index is 0.00694. The van der Waals surface area contributed by atoms with E-state index in [4.69, 9.17) is 4.74 Å². The molecule has 0 N–H and O–H groups in total. The molecule has 2 rings (SSSR count). The molecule has 2 saturated heterocycles. The highest BCUT2D eigenvalue weighted by Crippen LogP contribution is 2.34. The third-order valence-electron chi connectivity index (χ3n) is 4.35. The van der Waals surface area contributed by atoms with Crippen LogP contribution in [-0.2, 0) is 14.8 Å². The van der Waals surface area contributed by atoms with Gasteiger partial charge in [-0.25, -0.2) is 12.7 Å². The molecule has 1 atom stereocenters. The van der Waals surface area contributed by atoms with Gasteiger partial charge in [0, 0.05) is 31.6 Å². The normalized spacial score (nSPS) is 31.5. The number of likely N-dealkylation sites (N-methyl/N-ethyl adjacent to an activating group) is 1. The molecule has 0 radical (unpaired) electrons. The highest BCUT2D eigenvalue weighted by atomic mass is 32.2. The molecule has 0 saturated carbocycles. The summed E-state index contributed by atoms with van der Waals surface area (Å²) in [5, 5.41) is 0. The van der Waals surface area contributed by atoms with E-state index >= 15 is 0 Å². The van der Waals surface area contributed by atoms with Gasteiger partial charge in [0.1, 0.15) is 0 Å². The van der Waals surface area contributed by atoms with Crippen molar-refractivity contribution in [1.29, 1.82) is 0 Å². The van der Waals surface area contributed by atoms with Crippen molar-refractivity contribution in [2.75, 3.05) is 51.7 Å². The van der Waals surface area contributed by atoms with Crippen molar-refractivity contribution in [3.63, 3.8) is 0 Å². The maximum absolute atomic E-state index is 12.1. The van der Waals surface area contributed by atoms with Crippen molar-refractivity contribution in [3.8, 4) is 0 Å². The first-order valence-electron chi connectivity index (χ1n) is 7.29. The fraction of sp³-hybridized carbons (Fsp3) is 1.00. The zero-order valence-electron chi connectivity index (χ0n) is 12.1. The number of piperidine rings is 1. The lowest BCUT2D eigenvalue weighted by molar-refractivity contribution is 0.0290. The van der Waals surface area contributed by atoms with E-state index in [0.717, 1.165) is 39.1 Å². The van der Waals surface area contributed by atoms with Crippen LogP contribution in [0.2, 0.25) is 0 Å². The Balaban J connectivity index is 2.13. The molecular weight excluding hydrogens is 264 g/mol. The molecule has 0 amide bonds. The molecule has 112 valence electrons. The Morgan fingerprint density at radius 2 is 2.00 bits per heavy atom. The van der Waals surface area contributed by atoms with Crippen LogP contribution in [0.25, 0.3) is 0 Å². The second-order valence-corrected chi connectivity index (χ2v) is 8.02. The summed E-state index contributed by atoms with van der Waals surface area (Å²) < 4.78 is 31.6. The third kappa shape index (κ3) is 3.48. The molecule has 0 aromatic heterocycles. The van der Waals surface area contributed by atoms with Crippen LogP contribution in [0.3, 0.4) is 0 Å². The van der Waals surface area contributed by atoms with Gasteiger partial charge >= 0.3 is 0 Å². The topological polar surface area (TPSA) is 49.9 Å². The molecule has 2 aliphatic heterocycles. The molecule has 0 aromatic rings. The summed E-state index contributed by atoms with van der Waals surface area (Å²) >= 11 is 0. The summed E-state index contributed by atoms with van der Waals surface area (Å²) in [5.41, 5.74) is -0.00694. The number of sulfonamides is 1. The first-order chi connectivity index (χ1) is 9.01. The van der Waals surface area contributed by atoms with Gasteiger partial charge in [-0.2, -0.15) is 0 Å². The molecule has 19 heavy (non-hydrogen) atoms. The van der Waals surface area contributed by atoms with E-state index in [9.17, 15) is 8.42 Å². The van der Waals surface area contributed by atoms with E-state index in [1.165, 1.54) is 0 Å². The van der Waals surface area contributed by atoms with Crippen LogP contribution in [0.1, 0.15) is 26.7 Å². The monoisotopic (exact) mass is 290 g/mol. The molecule has 2 heterocycles. The van der Waals surface area contributed by atoms with Gasteiger partial charge in [0.15, 0.2) is 0 Å². The molecular formula is C13H26N2O3S. The van der Waals surface area contributed by atoms with Gasteiger partial charge in [-0.05, 0) is 26.3 Å². The number of hydrogen-bond donors (Lipinski definition) is 0. The second-order valence-electron chi connectivity index (χ2n) is 5.76. The van der Waals surface area contributed by atoms with Crippen molar-refractivity contribution >= 4 is 10.0 Å². The molecule has 1 spiro atoms. The van der Waals surface area contributed by atoms with Crippen molar-refractivity contribution in [3.05, 3.63) is 0 Å². The van der Waals surface area contributed by atoms with Crippen LogP contribution < -0.4 is 0 Å². The summed E-state index contributed by atoms with van der Waals surface area (Å²) in [6, 6.07) is 0. The Hall–Kier alpha value is -0.170. The van der Waals surface area contributed by atoms with Crippen molar-refractivity contribution in [2.45, 2.75) is 26.7 Å². The predicted octanol–water partition coefficient (Wildman–Crippen LogP) is 0.770. The minimum atomic E-state index is -3.07. The van der Waals surface area contributed by atoms with Gasteiger partial charge in [-0.15, -0.1) is 0 Å². The molecule has 0 bridgehead atoms. The lowest BCUT2D eigenvalue weighted by Gasteiger charge is -2.42. The van der Waals surface area contributed by atoms with Gasteiger partial charge in [-0.1, -0.05) is 6.92 Å². The largest absolute Gasteiger partial charge is 0.379 e. The lowest BCUT2D eigenvalue weighted by atomic mass is 9.81. The number of ether oxygens (including phenoxy) is 1. The predicted molar refractivity (Wildman–Crippen MR) is 75.6 cm³/mol. The number of hydrogen-bond acceptors (Lipinski definition) is 4. The van der Waals surface area contributed by atoms with Gasteiger partial charge < -0.3 is 9.64 Å². The first-order valence-corrected chi connectivity index (χ1v) is 8.90. The number of nitrogens with zero attached hydrogens (tertiary/aromatic N) is 2. The Kier molecular flexibility index (Phi) is 4.87. The fourth-order valence-corrected chi connectivity index (χ4v) is 4.42. The lowest BCUT2D eigenvalue weighted by Crippen LogP contribution is -2.52.